The van der Waals surface area contributed by atoms with Crippen molar-refractivity contribution in [1.82, 2.24) is 24.9 Å². The molecule has 0 aliphatic carbocycles. The van der Waals surface area contributed by atoms with Gasteiger partial charge >= 0.3 is 23.9 Å². The molecule has 7 N–H and O–H groups in total. The molecule has 1 aliphatic heterocycles. The number of rotatable bonds is 25. The molecule has 1 aliphatic rings. The van der Waals surface area contributed by atoms with Crippen molar-refractivity contribution in [3.05, 3.63) is 0 Å². The van der Waals surface area contributed by atoms with Gasteiger partial charge in [0.25, 0.3) is 0 Å². The maximum atomic E-state index is 12.5. The van der Waals surface area contributed by atoms with Crippen molar-refractivity contribution < 1.29 is 63.3 Å². The van der Waals surface area contributed by atoms with Gasteiger partial charge in [0.15, 0.2) is 0 Å². The van der Waals surface area contributed by atoms with Crippen LogP contribution in [0.4, 0.5) is 0 Å². The van der Waals surface area contributed by atoms with E-state index in [4.69, 9.17) is 24.7 Å². The Balaban J connectivity index is 2.60. The van der Waals surface area contributed by atoms with E-state index < -0.39 is 29.9 Å². The molecule has 1 fully saturated rings. The van der Waals surface area contributed by atoms with Crippen molar-refractivity contribution in [2.24, 2.45) is 5.73 Å². The van der Waals surface area contributed by atoms with Crippen LogP contribution >= 0.6 is 0 Å². The number of nitrogens with zero attached hydrogens (tertiary/aromatic N) is 4. The molecular weight excluding hydrogens is 640 g/mol. The SMILES string of the molecule is NCCOCCOCCOCCOCCNC(=O)CCC(C(=O)O)N1CCN(CC(=O)O)CCN(CC(=O)O)CCN(CC(=O)O)CC1. The summed E-state index contributed by atoms with van der Waals surface area (Å²) in [6.45, 7) is 4.37. The average Bonchev–Trinajstić information content (AvgIpc) is 3.01. The van der Waals surface area contributed by atoms with Gasteiger partial charge in [-0.15, -0.1) is 0 Å². The topological polar surface area (TPSA) is 254 Å². The van der Waals surface area contributed by atoms with Gasteiger partial charge in [0.2, 0.25) is 5.91 Å². The van der Waals surface area contributed by atoms with Gasteiger partial charge in [0.05, 0.1) is 72.5 Å². The highest BCUT2D eigenvalue weighted by molar-refractivity contribution is 5.78. The lowest BCUT2D eigenvalue weighted by molar-refractivity contribution is -0.145. The first-order valence-electron chi connectivity index (χ1n) is 16.1. The molecule has 1 rings (SSSR count). The van der Waals surface area contributed by atoms with Crippen molar-refractivity contribution in [3.63, 3.8) is 0 Å². The number of hydrogen-bond acceptors (Lipinski definition) is 14. The Bertz CT molecular complexity index is 915. The summed E-state index contributed by atoms with van der Waals surface area (Å²) in [7, 11) is 0. The van der Waals surface area contributed by atoms with Crippen LogP contribution < -0.4 is 11.1 Å². The molecule has 48 heavy (non-hydrogen) atoms. The van der Waals surface area contributed by atoms with Crippen LogP contribution in [0.3, 0.4) is 0 Å². The highest BCUT2D eigenvalue weighted by Crippen LogP contribution is 2.11. The molecule has 0 spiro atoms. The van der Waals surface area contributed by atoms with Crippen LogP contribution in [0.1, 0.15) is 12.8 Å². The first-order valence-corrected chi connectivity index (χ1v) is 16.1. The maximum absolute atomic E-state index is 12.5. The summed E-state index contributed by atoms with van der Waals surface area (Å²) in [6.07, 6.45) is -0.114. The maximum Gasteiger partial charge on any atom is 0.320 e. The lowest BCUT2D eigenvalue weighted by Crippen LogP contribution is -2.52. The lowest BCUT2D eigenvalue weighted by atomic mass is 10.1. The molecule has 0 aromatic heterocycles. The largest absolute Gasteiger partial charge is 0.480 e. The molecule has 278 valence electrons. The summed E-state index contributed by atoms with van der Waals surface area (Å²) < 4.78 is 21.4. The van der Waals surface area contributed by atoms with Gasteiger partial charge in [-0.25, -0.2) is 0 Å². The number of carboxylic acid groups (broad SMARTS) is 4. The van der Waals surface area contributed by atoms with Crippen molar-refractivity contribution in [2.45, 2.75) is 18.9 Å². The van der Waals surface area contributed by atoms with Crippen LogP contribution in [-0.4, -0.2) is 214 Å². The number of nitrogens with two attached hydrogens (primary N) is 1. The van der Waals surface area contributed by atoms with Crippen LogP contribution in [0.2, 0.25) is 0 Å². The van der Waals surface area contributed by atoms with E-state index in [-0.39, 0.29) is 104 Å². The zero-order valence-corrected chi connectivity index (χ0v) is 27.7. The van der Waals surface area contributed by atoms with E-state index in [1.165, 1.54) is 0 Å². The van der Waals surface area contributed by atoms with E-state index >= 15 is 0 Å². The van der Waals surface area contributed by atoms with Gasteiger partial charge in [-0.3, -0.25) is 43.6 Å². The number of carboxylic acids is 4. The van der Waals surface area contributed by atoms with E-state index in [0.29, 0.717) is 52.8 Å². The molecule has 1 unspecified atom stereocenters. The number of ether oxygens (including phenoxy) is 4. The average molecular weight is 695 g/mol. The molecule has 1 atom stereocenters. The van der Waals surface area contributed by atoms with Gasteiger partial charge in [-0.1, -0.05) is 0 Å². The number of aliphatic carboxylic acids is 4. The minimum absolute atomic E-state index is 0.0265. The third-order valence-corrected chi connectivity index (χ3v) is 7.27. The fraction of sp³-hybridized carbons (Fsp3) is 0.828. The van der Waals surface area contributed by atoms with E-state index in [9.17, 15) is 44.4 Å². The predicted molar refractivity (Wildman–Crippen MR) is 170 cm³/mol. The standard InChI is InChI=1S/C29H54N6O13/c30-3-13-45-15-17-47-19-20-48-18-16-46-14-4-31-25(36)2-1-24(29(43)44)35-11-9-33(22-27(39)40)7-5-32(21-26(37)38)6-8-34(10-12-35)23-28(41)42/h24H,1-23,30H2,(H,31,36)(H,37,38)(H,39,40)(H,41,42)(H,43,44). The quantitative estimate of drug-likeness (QED) is 0.0516. The smallest absolute Gasteiger partial charge is 0.320 e. The van der Waals surface area contributed by atoms with Gasteiger partial charge in [0, 0.05) is 71.9 Å². The third kappa shape index (κ3) is 22.5. The second-order valence-corrected chi connectivity index (χ2v) is 11.0. The molecule has 1 heterocycles. The summed E-state index contributed by atoms with van der Waals surface area (Å²) in [4.78, 5) is 65.7. The van der Waals surface area contributed by atoms with Gasteiger partial charge < -0.3 is 50.4 Å². The molecular formula is C29H54N6O13. The second kappa shape index (κ2) is 26.9. The molecule has 1 amide bonds. The zero-order chi connectivity index (χ0) is 35.6. The molecule has 0 aromatic rings. The Kier molecular flexibility index (Phi) is 24.1. The van der Waals surface area contributed by atoms with Crippen molar-refractivity contribution in [2.75, 3.05) is 138 Å². The van der Waals surface area contributed by atoms with Crippen LogP contribution in [0.5, 0.6) is 0 Å². The van der Waals surface area contributed by atoms with Crippen molar-refractivity contribution in [1.29, 1.82) is 0 Å². The Hall–Kier alpha value is -3.01. The highest BCUT2D eigenvalue weighted by atomic mass is 16.6. The number of hydrogen-bond donors (Lipinski definition) is 6. The normalized spacial score (nSPS) is 16.9. The Morgan fingerprint density at radius 1 is 0.583 bits per heavy atom. The Morgan fingerprint density at radius 2 is 0.958 bits per heavy atom. The summed E-state index contributed by atoms with van der Waals surface area (Å²) in [5.41, 5.74) is 5.33. The minimum Gasteiger partial charge on any atom is -0.480 e. The number of carbonyl (C=O) groups is 5. The number of amides is 1. The first kappa shape index (κ1) is 43.0. The molecule has 0 aromatic carbocycles. The first-order chi connectivity index (χ1) is 23.0. The molecule has 0 saturated carbocycles. The summed E-state index contributed by atoms with van der Waals surface area (Å²) in [5.74, 6) is -4.75. The molecule has 19 heteroatoms. The van der Waals surface area contributed by atoms with Gasteiger partial charge in [0.1, 0.15) is 6.04 Å². The van der Waals surface area contributed by atoms with Crippen LogP contribution in [-0.2, 0) is 42.9 Å². The Labute approximate surface area is 280 Å². The predicted octanol–water partition coefficient (Wildman–Crippen LogP) is -3.16. The van der Waals surface area contributed by atoms with E-state index in [1.807, 2.05) is 0 Å². The number of carbonyl (C=O) groups excluding carboxylic acids is 1. The Morgan fingerprint density at radius 3 is 1.33 bits per heavy atom. The summed E-state index contributed by atoms with van der Waals surface area (Å²) >= 11 is 0. The van der Waals surface area contributed by atoms with E-state index in [2.05, 4.69) is 5.32 Å². The molecule has 0 bridgehead atoms. The summed E-state index contributed by atoms with van der Waals surface area (Å²) in [6, 6.07) is -1.09. The third-order valence-electron chi connectivity index (χ3n) is 7.27. The highest BCUT2D eigenvalue weighted by Gasteiger charge is 2.28. The van der Waals surface area contributed by atoms with E-state index in [1.54, 1.807) is 19.6 Å². The van der Waals surface area contributed by atoms with E-state index in [0.717, 1.165) is 0 Å². The van der Waals surface area contributed by atoms with Crippen molar-refractivity contribution in [3.8, 4) is 0 Å². The zero-order valence-electron chi connectivity index (χ0n) is 27.7. The van der Waals surface area contributed by atoms with Crippen LogP contribution in [0.15, 0.2) is 0 Å². The second-order valence-electron chi connectivity index (χ2n) is 11.0. The lowest BCUT2D eigenvalue weighted by Gasteiger charge is -2.35. The summed E-state index contributed by atoms with van der Waals surface area (Å²) in [5, 5.41) is 40.9. The van der Waals surface area contributed by atoms with Crippen LogP contribution in [0.25, 0.3) is 0 Å². The molecule has 1 saturated heterocycles. The van der Waals surface area contributed by atoms with Crippen molar-refractivity contribution >= 4 is 29.8 Å². The fourth-order valence-electron chi connectivity index (χ4n) is 4.84. The monoisotopic (exact) mass is 694 g/mol. The van der Waals surface area contributed by atoms with Crippen LogP contribution in [0, 0.1) is 0 Å². The van der Waals surface area contributed by atoms with Gasteiger partial charge in [-0.05, 0) is 6.42 Å². The van der Waals surface area contributed by atoms with Gasteiger partial charge in [-0.2, -0.15) is 0 Å². The molecule has 19 nitrogen and oxygen atoms in total. The minimum atomic E-state index is -1.16. The fourth-order valence-corrected chi connectivity index (χ4v) is 4.84. The molecule has 0 radical (unpaired) electrons. The number of nitrogens with one attached hydrogen (secondary N) is 1.